The predicted octanol–water partition coefficient (Wildman–Crippen LogP) is 2.30. The molecular weight excluding hydrogens is 146 g/mol. The van der Waals surface area contributed by atoms with Gasteiger partial charge in [0.25, 0.3) is 0 Å². The summed E-state index contributed by atoms with van der Waals surface area (Å²) in [5.74, 6) is 0. The molecule has 0 fully saturated rings. The van der Waals surface area contributed by atoms with Gasteiger partial charge in [0.1, 0.15) is 0 Å². The second kappa shape index (κ2) is 2.97. The molecule has 46 valence electrons. The molecule has 0 spiro atoms. The average molecular weight is 146 g/mol. The summed E-state index contributed by atoms with van der Waals surface area (Å²) in [6.45, 7) is 0. The fraction of sp³-hybridized carbons (Fsp3) is 0. The molecule has 8 heavy (non-hydrogen) atoms. The van der Waals surface area contributed by atoms with Crippen molar-refractivity contribution < 1.29 is 17.4 Å². The van der Waals surface area contributed by atoms with Crippen molar-refractivity contribution in [1.29, 1.82) is 0 Å². The molecule has 0 aromatic heterocycles. The molecule has 0 radical (unpaired) electrons. The van der Waals surface area contributed by atoms with Crippen molar-refractivity contribution in [3.8, 4) is 0 Å². The molecule has 0 nitrogen and oxygen atoms in total. The predicted molar refractivity (Wildman–Crippen MR) is 23.1 cm³/mol. The van der Waals surface area contributed by atoms with Gasteiger partial charge >= 0.3 is 7.27 Å². The lowest BCUT2D eigenvalue weighted by Gasteiger charge is -1.84. The monoisotopic (exact) mass is 146 g/mol. The zero-order valence-electron chi connectivity index (χ0n) is 3.47. The van der Waals surface area contributed by atoms with Crippen molar-refractivity contribution >= 4 is 18.9 Å². The highest BCUT2D eigenvalue weighted by Gasteiger charge is 2.23. The van der Waals surface area contributed by atoms with E-state index < -0.39 is 18.3 Å². The van der Waals surface area contributed by atoms with Gasteiger partial charge in [-0.15, -0.1) is 0 Å². The van der Waals surface area contributed by atoms with Gasteiger partial charge in [-0.2, -0.15) is 4.39 Å². The molecule has 0 aliphatic carbocycles. The minimum atomic E-state index is -3.45. The Kier molecular flexibility index (Phi) is 2.90. The van der Waals surface area contributed by atoms with Crippen LogP contribution in [0.1, 0.15) is 0 Å². The van der Waals surface area contributed by atoms with Crippen LogP contribution in [0.2, 0.25) is 0 Å². The van der Waals surface area contributed by atoms with E-state index in [4.69, 9.17) is 0 Å². The Labute approximate surface area is 48.3 Å². The van der Waals surface area contributed by atoms with E-state index >= 15 is 0 Å². The second-order valence-electron chi connectivity index (χ2n) is 0.909. The lowest BCUT2D eigenvalue weighted by molar-refractivity contribution is 0.555. The maximum Gasteiger partial charge on any atom is 0.605 e. The van der Waals surface area contributed by atoms with Gasteiger partial charge in [-0.1, -0.05) is 0 Å². The molecule has 0 atom stereocenters. The van der Waals surface area contributed by atoms with E-state index in [0.717, 1.165) is 0 Å². The van der Waals surface area contributed by atoms with Crippen LogP contribution in [0, 0.1) is 0 Å². The first-order chi connectivity index (χ1) is 3.55. The highest BCUT2D eigenvalue weighted by atomic mass is 35.5. The normalized spacial score (nSPS) is 13.1. The molecule has 0 bridgehead atoms. The first-order valence-electron chi connectivity index (χ1n) is 1.54. The van der Waals surface area contributed by atoms with Crippen molar-refractivity contribution in [2.45, 2.75) is 0 Å². The third kappa shape index (κ3) is 2.21. The standard InChI is InChI=1S/C2BClF4/c4-2(6)1(5)3(7)8/b2-1-. The minimum Gasteiger partial charge on any atom is -0.279 e. The van der Waals surface area contributed by atoms with Crippen LogP contribution < -0.4 is 0 Å². The molecule has 0 N–H and O–H groups in total. The molecule has 0 rings (SSSR count). The third-order valence-corrected chi connectivity index (χ3v) is 0.553. The van der Waals surface area contributed by atoms with Gasteiger partial charge in [0.15, 0.2) is 5.73 Å². The van der Waals surface area contributed by atoms with Crippen LogP contribution in [0.3, 0.4) is 0 Å². The Balaban J connectivity index is 4.00. The molecule has 0 aliphatic heterocycles. The largest absolute Gasteiger partial charge is 0.605 e. The molecule has 0 saturated heterocycles. The highest BCUT2D eigenvalue weighted by molar-refractivity contribution is 6.53. The highest BCUT2D eigenvalue weighted by Crippen LogP contribution is 2.15. The van der Waals surface area contributed by atoms with E-state index in [1.54, 1.807) is 0 Å². The van der Waals surface area contributed by atoms with Crippen molar-refractivity contribution in [2.24, 2.45) is 0 Å². The average Bonchev–Trinajstić information content (AvgIpc) is 1.64. The summed E-state index contributed by atoms with van der Waals surface area (Å²) >= 11 is 4.18. The van der Waals surface area contributed by atoms with E-state index in [-0.39, 0.29) is 0 Å². The van der Waals surface area contributed by atoms with Gasteiger partial charge in [0.2, 0.25) is 5.29 Å². The summed E-state index contributed by atoms with van der Waals surface area (Å²) in [6.07, 6.45) is 0. The molecule has 0 saturated carbocycles. The van der Waals surface area contributed by atoms with Crippen LogP contribution in [0.25, 0.3) is 0 Å². The van der Waals surface area contributed by atoms with Crippen LogP contribution in [-0.4, -0.2) is 7.27 Å². The molecule has 0 aromatic carbocycles. The number of hydrogen-bond acceptors (Lipinski definition) is 0. The summed E-state index contributed by atoms with van der Waals surface area (Å²) in [5, 5.41) is -1.99. The molecule has 6 heteroatoms. The smallest absolute Gasteiger partial charge is 0.279 e. The van der Waals surface area contributed by atoms with E-state index in [1.165, 1.54) is 0 Å². The van der Waals surface area contributed by atoms with Gasteiger partial charge in [-0.05, 0) is 11.6 Å². The molecule has 0 unspecified atom stereocenters. The van der Waals surface area contributed by atoms with E-state index in [0.29, 0.717) is 0 Å². The quantitative estimate of drug-likeness (QED) is 0.393. The fourth-order valence-corrected chi connectivity index (χ4v) is 0.165. The van der Waals surface area contributed by atoms with Crippen LogP contribution in [-0.2, 0) is 0 Å². The first kappa shape index (κ1) is 7.81. The van der Waals surface area contributed by atoms with Crippen molar-refractivity contribution in [3.63, 3.8) is 0 Å². The Morgan fingerprint density at radius 1 is 1.25 bits per heavy atom. The lowest BCUT2D eigenvalue weighted by atomic mass is 9.98. The Bertz CT molecular complexity index is 107. The summed E-state index contributed by atoms with van der Waals surface area (Å²) in [4.78, 5) is 0. The Hall–Kier alpha value is -0.185. The number of halogens is 5. The van der Waals surface area contributed by atoms with Crippen LogP contribution >= 0.6 is 11.6 Å². The maximum absolute atomic E-state index is 11.3. The minimum absolute atomic E-state index is 1.99. The summed E-state index contributed by atoms with van der Waals surface area (Å²) in [6, 6.07) is 0. The summed E-state index contributed by atoms with van der Waals surface area (Å²) in [7, 11) is -3.45. The van der Waals surface area contributed by atoms with Crippen LogP contribution in [0.5, 0.6) is 0 Å². The summed E-state index contributed by atoms with van der Waals surface area (Å²) in [5.41, 5.74) is -2.22. The van der Waals surface area contributed by atoms with Gasteiger partial charge < -0.3 is 0 Å². The fourth-order valence-electron chi connectivity index (χ4n) is 0.0825. The van der Waals surface area contributed by atoms with Gasteiger partial charge in [0, 0.05) is 0 Å². The molecule has 0 amide bonds. The zero-order valence-corrected chi connectivity index (χ0v) is 4.22. The molecule has 0 heterocycles. The SMILES string of the molecule is FB(F)/C(F)=C(/F)Cl. The van der Waals surface area contributed by atoms with Gasteiger partial charge in [-0.25, -0.2) is 4.39 Å². The maximum atomic E-state index is 11.3. The van der Waals surface area contributed by atoms with Gasteiger partial charge in [0.05, 0.1) is 0 Å². The van der Waals surface area contributed by atoms with Crippen molar-refractivity contribution in [2.75, 3.05) is 0 Å². The second-order valence-corrected chi connectivity index (χ2v) is 1.24. The Morgan fingerprint density at radius 3 is 1.62 bits per heavy atom. The van der Waals surface area contributed by atoms with Crippen LogP contribution in [0.4, 0.5) is 17.4 Å². The van der Waals surface area contributed by atoms with E-state index in [2.05, 4.69) is 11.6 Å². The summed E-state index contributed by atoms with van der Waals surface area (Å²) < 4.78 is 44.3. The molecule has 0 aliphatic rings. The number of rotatable bonds is 1. The third-order valence-electron chi connectivity index (χ3n) is 0.372. The van der Waals surface area contributed by atoms with Crippen molar-refractivity contribution in [1.82, 2.24) is 0 Å². The zero-order chi connectivity index (χ0) is 6.73. The lowest BCUT2D eigenvalue weighted by Crippen LogP contribution is -1.97. The number of hydrogen-bond donors (Lipinski definition) is 0. The topological polar surface area (TPSA) is 0 Å². The van der Waals surface area contributed by atoms with E-state index in [9.17, 15) is 17.4 Å². The van der Waals surface area contributed by atoms with E-state index in [1.807, 2.05) is 0 Å². The molecule has 0 aromatic rings. The van der Waals surface area contributed by atoms with Crippen LogP contribution in [0.15, 0.2) is 11.0 Å². The molecular formula is C2BClF4. The Morgan fingerprint density at radius 2 is 1.62 bits per heavy atom. The van der Waals surface area contributed by atoms with Crippen molar-refractivity contribution in [3.05, 3.63) is 11.0 Å². The van der Waals surface area contributed by atoms with Gasteiger partial charge in [-0.3, -0.25) is 8.63 Å². The first-order valence-corrected chi connectivity index (χ1v) is 1.92.